The molecule has 0 aliphatic rings. The van der Waals surface area contributed by atoms with Gasteiger partial charge in [-0.05, 0) is 47.2 Å². The second kappa shape index (κ2) is 5.48. The summed E-state index contributed by atoms with van der Waals surface area (Å²) in [6.45, 7) is 2.12. The quantitative estimate of drug-likeness (QED) is 0.864. The van der Waals surface area contributed by atoms with E-state index in [2.05, 4.69) is 39.7 Å². The lowest BCUT2D eigenvalue weighted by atomic mass is 10.2. The van der Waals surface area contributed by atoms with Crippen LogP contribution in [0.5, 0.6) is 5.75 Å². The number of nitrogens with zero attached hydrogens (tertiary/aromatic N) is 2. The normalized spacial score (nSPS) is 10.7. The zero-order chi connectivity index (χ0) is 12.3. The molecule has 0 spiro atoms. The Balaban J connectivity index is 2.21. The molecule has 0 bridgehead atoms. The van der Waals surface area contributed by atoms with Crippen molar-refractivity contribution in [3.8, 4) is 17.2 Å². The first-order chi connectivity index (χ1) is 8.20. The fourth-order valence-electron chi connectivity index (χ4n) is 1.45. The molecule has 0 saturated heterocycles. The summed E-state index contributed by atoms with van der Waals surface area (Å²) in [5, 5.41) is 13.5. The van der Waals surface area contributed by atoms with Crippen molar-refractivity contribution in [2.45, 2.75) is 26.2 Å². The van der Waals surface area contributed by atoms with E-state index in [9.17, 15) is 5.11 Å². The molecular weight excluding hydrogens is 331 g/mol. The van der Waals surface area contributed by atoms with E-state index >= 15 is 0 Å². The average molecular weight is 344 g/mol. The highest BCUT2D eigenvalue weighted by Crippen LogP contribution is 2.26. The van der Waals surface area contributed by atoms with Crippen LogP contribution in [0.15, 0.2) is 22.7 Å². The van der Waals surface area contributed by atoms with Gasteiger partial charge < -0.3 is 9.63 Å². The fraction of sp³-hybridized carbons (Fsp3) is 0.333. The maximum atomic E-state index is 9.61. The minimum Gasteiger partial charge on any atom is -0.507 e. The second-order valence-electron chi connectivity index (χ2n) is 3.79. The van der Waals surface area contributed by atoms with Gasteiger partial charge in [-0.1, -0.05) is 18.5 Å². The van der Waals surface area contributed by atoms with Gasteiger partial charge in [0, 0.05) is 12.0 Å². The molecule has 0 radical (unpaired) electrons. The molecule has 1 heterocycles. The molecule has 0 amide bonds. The molecule has 90 valence electrons. The molecule has 2 aromatic rings. The van der Waals surface area contributed by atoms with Gasteiger partial charge in [-0.3, -0.25) is 0 Å². The monoisotopic (exact) mass is 344 g/mol. The maximum absolute atomic E-state index is 9.61. The van der Waals surface area contributed by atoms with Gasteiger partial charge in [0.2, 0.25) is 0 Å². The minimum atomic E-state index is 0.233. The Morgan fingerprint density at radius 2 is 2.24 bits per heavy atom. The van der Waals surface area contributed by atoms with Crippen LogP contribution in [0.25, 0.3) is 11.5 Å². The highest BCUT2D eigenvalue weighted by atomic mass is 127. The molecule has 17 heavy (non-hydrogen) atoms. The van der Waals surface area contributed by atoms with Crippen molar-refractivity contribution < 1.29 is 9.63 Å². The zero-order valence-electron chi connectivity index (χ0n) is 9.48. The molecule has 0 aliphatic carbocycles. The van der Waals surface area contributed by atoms with Crippen molar-refractivity contribution in [2.75, 3.05) is 0 Å². The van der Waals surface area contributed by atoms with E-state index in [0.717, 1.165) is 34.2 Å². The summed E-state index contributed by atoms with van der Waals surface area (Å²) < 4.78 is 5.97. The van der Waals surface area contributed by atoms with Crippen molar-refractivity contribution in [1.82, 2.24) is 10.1 Å². The van der Waals surface area contributed by atoms with Gasteiger partial charge in [-0.15, -0.1) is 0 Å². The van der Waals surface area contributed by atoms with Gasteiger partial charge in [-0.25, -0.2) is 0 Å². The number of rotatable bonds is 4. The van der Waals surface area contributed by atoms with Crippen LogP contribution in [-0.2, 0) is 6.42 Å². The van der Waals surface area contributed by atoms with Gasteiger partial charge >= 0.3 is 0 Å². The van der Waals surface area contributed by atoms with E-state index in [1.54, 1.807) is 6.07 Å². The van der Waals surface area contributed by atoms with E-state index in [0.29, 0.717) is 5.89 Å². The minimum absolute atomic E-state index is 0.233. The highest BCUT2D eigenvalue weighted by Gasteiger charge is 2.10. The van der Waals surface area contributed by atoms with Crippen LogP contribution in [0.1, 0.15) is 25.6 Å². The smallest absolute Gasteiger partial charge is 0.258 e. The first kappa shape index (κ1) is 12.3. The predicted molar refractivity (Wildman–Crippen MR) is 72.7 cm³/mol. The Bertz CT molecular complexity index is 511. The first-order valence-electron chi connectivity index (χ1n) is 5.52. The van der Waals surface area contributed by atoms with Crippen LogP contribution in [0.2, 0.25) is 0 Å². The molecule has 0 aliphatic heterocycles. The fourth-order valence-corrected chi connectivity index (χ4v) is 1.79. The summed E-state index contributed by atoms with van der Waals surface area (Å²) in [6, 6.07) is 5.32. The third kappa shape index (κ3) is 2.96. The Morgan fingerprint density at radius 3 is 2.94 bits per heavy atom. The van der Waals surface area contributed by atoms with Crippen molar-refractivity contribution in [3.05, 3.63) is 27.6 Å². The summed E-state index contributed by atoms with van der Waals surface area (Å²) in [5.41, 5.74) is 0.748. The standard InChI is InChI=1S/C12H13IN2O2/c1-2-3-4-11-14-12(17-15-11)8-5-6-9(13)10(16)7-8/h5-7,16H,2-4H2,1H3. The van der Waals surface area contributed by atoms with Crippen LogP contribution in [0.4, 0.5) is 0 Å². The van der Waals surface area contributed by atoms with Gasteiger partial charge in [0.05, 0.1) is 3.57 Å². The van der Waals surface area contributed by atoms with Crippen LogP contribution < -0.4 is 0 Å². The SMILES string of the molecule is CCCCc1noc(-c2ccc(I)c(O)c2)n1. The Hall–Kier alpha value is -1.11. The van der Waals surface area contributed by atoms with E-state index in [1.807, 2.05) is 12.1 Å². The van der Waals surface area contributed by atoms with E-state index in [1.165, 1.54) is 0 Å². The number of phenols is 1. The first-order valence-corrected chi connectivity index (χ1v) is 6.60. The lowest BCUT2D eigenvalue weighted by Gasteiger charge is -1.98. The molecule has 5 heteroatoms. The molecule has 0 fully saturated rings. The molecular formula is C12H13IN2O2. The lowest BCUT2D eigenvalue weighted by molar-refractivity contribution is 0.420. The number of unbranched alkanes of at least 4 members (excludes halogenated alkanes) is 1. The van der Waals surface area contributed by atoms with Gasteiger partial charge in [0.25, 0.3) is 5.89 Å². The van der Waals surface area contributed by atoms with Crippen LogP contribution in [-0.4, -0.2) is 15.2 Å². The number of hydrogen-bond donors (Lipinski definition) is 1. The lowest BCUT2D eigenvalue weighted by Crippen LogP contribution is -1.87. The van der Waals surface area contributed by atoms with Crippen molar-refractivity contribution in [2.24, 2.45) is 0 Å². The van der Waals surface area contributed by atoms with Crippen molar-refractivity contribution in [3.63, 3.8) is 0 Å². The Kier molecular flexibility index (Phi) is 3.98. The van der Waals surface area contributed by atoms with Crippen molar-refractivity contribution in [1.29, 1.82) is 0 Å². The number of phenolic OH excluding ortho intramolecular Hbond substituents is 1. The topological polar surface area (TPSA) is 59.2 Å². The molecule has 1 N–H and O–H groups in total. The third-order valence-electron chi connectivity index (χ3n) is 2.42. The number of aromatic nitrogens is 2. The molecule has 0 saturated carbocycles. The predicted octanol–water partition coefficient (Wildman–Crippen LogP) is 3.39. The molecule has 4 nitrogen and oxygen atoms in total. The number of halogens is 1. The van der Waals surface area contributed by atoms with Gasteiger partial charge in [0.1, 0.15) is 5.75 Å². The number of benzene rings is 1. The van der Waals surface area contributed by atoms with Crippen LogP contribution in [0, 0.1) is 3.57 Å². The summed E-state index contributed by atoms with van der Waals surface area (Å²) >= 11 is 2.07. The number of aromatic hydroxyl groups is 1. The van der Waals surface area contributed by atoms with Gasteiger partial charge in [0.15, 0.2) is 5.82 Å². The molecule has 1 aromatic carbocycles. The van der Waals surface area contributed by atoms with E-state index in [-0.39, 0.29) is 5.75 Å². The Morgan fingerprint density at radius 1 is 1.41 bits per heavy atom. The largest absolute Gasteiger partial charge is 0.507 e. The number of aryl methyl sites for hydroxylation is 1. The molecule has 0 atom stereocenters. The summed E-state index contributed by atoms with van der Waals surface area (Å²) in [5.74, 6) is 1.42. The summed E-state index contributed by atoms with van der Waals surface area (Å²) in [7, 11) is 0. The highest BCUT2D eigenvalue weighted by molar-refractivity contribution is 14.1. The maximum Gasteiger partial charge on any atom is 0.258 e. The summed E-state index contributed by atoms with van der Waals surface area (Å²) in [4.78, 5) is 4.30. The Labute approximate surface area is 113 Å². The van der Waals surface area contributed by atoms with Crippen LogP contribution in [0.3, 0.4) is 0 Å². The van der Waals surface area contributed by atoms with Crippen molar-refractivity contribution >= 4 is 22.6 Å². The second-order valence-corrected chi connectivity index (χ2v) is 4.95. The summed E-state index contributed by atoms with van der Waals surface area (Å²) in [6.07, 6.45) is 2.99. The van der Waals surface area contributed by atoms with Gasteiger partial charge in [-0.2, -0.15) is 4.98 Å². The third-order valence-corrected chi connectivity index (χ3v) is 3.33. The zero-order valence-corrected chi connectivity index (χ0v) is 11.6. The average Bonchev–Trinajstić information content (AvgIpc) is 2.79. The van der Waals surface area contributed by atoms with E-state index in [4.69, 9.17) is 4.52 Å². The van der Waals surface area contributed by atoms with E-state index < -0.39 is 0 Å². The van der Waals surface area contributed by atoms with Crippen LogP contribution >= 0.6 is 22.6 Å². The number of hydrogen-bond acceptors (Lipinski definition) is 4. The molecule has 1 aromatic heterocycles. The molecule has 0 unspecified atom stereocenters. The molecule has 2 rings (SSSR count).